The number of anilines is 3. The van der Waals surface area contributed by atoms with E-state index in [4.69, 9.17) is 5.26 Å². The van der Waals surface area contributed by atoms with Gasteiger partial charge in [0, 0.05) is 43.6 Å². The van der Waals surface area contributed by atoms with Crippen LogP contribution in [0.3, 0.4) is 0 Å². The van der Waals surface area contributed by atoms with E-state index in [2.05, 4.69) is 21.4 Å². The van der Waals surface area contributed by atoms with Crippen LogP contribution in [0.1, 0.15) is 16.8 Å². The lowest BCUT2D eigenvalue weighted by Gasteiger charge is -2.34. The number of sulfonamides is 1. The molecule has 0 amide bonds. The maximum atomic E-state index is 12.9. The van der Waals surface area contributed by atoms with Crippen LogP contribution in [0.4, 0.5) is 30.6 Å². The summed E-state index contributed by atoms with van der Waals surface area (Å²) in [5.41, 5.74) is 1.11. The van der Waals surface area contributed by atoms with Crippen molar-refractivity contribution in [1.29, 1.82) is 5.26 Å². The van der Waals surface area contributed by atoms with E-state index < -0.39 is 21.8 Å². The fourth-order valence-corrected chi connectivity index (χ4v) is 5.05. The number of aromatic nitrogens is 2. The molecule has 3 aromatic rings. The van der Waals surface area contributed by atoms with Crippen LogP contribution < -0.4 is 10.2 Å². The SMILES string of the molecule is Cc1cc(Nc2ccc(C#N)cc2)nc(N2CCN(S(=O)(=O)c3ccc(C(F)(F)F)cc3)CC2)n1. The topological polar surface area (TPSA) is 102 Å². The van der Waals surface area contributed by atoms with Gasteiger partial charge in [-0.1, -0.05) is 0 Å². The van der Waals surface area contributed by atoms with Crippen molar-refractivity contribution in [2.45, 2.75) is 18.0 Å². The van der Waals surface area contributed by atoms with Crippen molar-refractivity contribution in [3.8, 4) is 6.07 Å². The highest BCUT2D eigenvalue weighted by molar-refractivity contribution is 7.89. The predicted molar refractivity (Wildman–Crippen MR) is 124 cm³/mol. The third-order valence-electron chi connectivity index (χ3n) is 5.47. The van der Waals surface area contributed by atoms with Crippen molar-refractivity contribution >= 4 is 27.5 Å². The Morgan fingerprint density at radius 2 is 1.60 bits per heavy atom. The first-order chi connectivity index (χ1) is 16.6. The molecule has 0 unspecified atom stereocenters. The molecular weight excluding hydrogens is 481 g/mol. The molecule has 0 saturated carbocycles. The van der Waals surface area contributed by atoms with Crippen LogP contribution in [0.15, 0.2) is 59.5 Å². The number of halogens is 3. The van der Waals surface area contributed by atoms with Crippen molar-refractivity contribution in [2.75, 3.05) is 36.4 Å². The van der Waals surface area contributed by atoms with E-state index in [0.29, 0.717) is 36.1 Å². The van der Waals surface area contributed by atoms with E-state index in [1.54, 1.807) is 30.3 Å². The summed E-state index contributed by atoms with van der Waals surface area (Å²) in [4.78, 5) is 10.7. The van der Waals surface area contributed by atoms with Gasteiger partial charge in [0.15, 0.2) is 0 Å². The van der Waals surface area contributed by atoms with Gasteiger partial charge in [0.25, 0.3) is 0 Å². The molecule has 1 aliphatic heterocycles. The molecule has 1 N–H and O–H groups in total. The Bertz CT molecular complexity index is 1350. The molecule has 0 radical (unpaired) electrons. The Hall–Kier alpha value is -3.69. The molecule has 2 aromatic carbocycles. The summed E-state index contributed by atoms with van der Waals surface area (Å²) in [6.45, 7) is 2.73. The summed E-state index contributed by atoms with van der Waals surface area (Å²) in [6.07, 6.45) is -4.53. The molecule has 35 heavy (non-hydrogen) atoms. The average molecular weight is 503 g/mol. The molecule has 1 fully saturated rings. The highest BCUT2D eigenvalue weighted by Gasteiger charge is 2.33. The van der Waals surface area contributed by atoms with E-state index in [9.17, 15) is 21.6 Å². The van der Waals surface area contributed by atoms with Crippen LogP contribution in [0, 0.1) is 18.3 Å². The zero-order valence-corrected chi connectivity index (χ0v) is 19.4. The van der Waals surface area contributed by atoms with E-state index in [1.165, 1.54) is 4.31 Å². The molecule has 1 saturated heterocycles. The minimum atomic E-state index is -4.53. The zero-order valence-electron chi connectivity index (χ0n) is 18.6. The van der Waals surface area contributed by atoms with Crippen LogP contribution in [-0.4, -0.2) is 48.9 Å². The monoisotopic (exact) mass is 502 g/mol. The Morgan fingerprint density at radius 1 is 0.971 bits per heavy atom. The molecule has 12 heteroatoms. The second-order valence-corrected chi connectivity index (χ2v) is 9.86. The van der Waals surface area contributed by atoms with Crippen LogP contribution in [0.2, 0.25) is 0 Å². The lowest BCUT2D eigenvalue weighted by atomic mass is 10.2. The second-order valence-electron chi connectivity index (χ2n) is 7.92. The number of benzene rings is 2. The minimum Gasteiger partial charge on any atom is -0.340 e. The lowest BCUT2D eigenvalue weighted by Crippen LogP contribution is -2.49. The predicted octanol–water partition coefficient (Wildman–Crippen LogP) is 3.93. The lowest BCUT2D eigenvalue weighted by molar-refractivity contribution is -0.137. The summed E-state index contributed by atoms with van der Waals surface area (Å²) in [6, 6.07) is 14.2. The molecule has 0 bridgehead atoms. The fraction of sp³-hybridized carbons (Fsp3) is 0.261. The maximum Gasteiger partial charge on any atom is 0.416 e. The standard InChI is InChI=1S/C23H21F3N6O2S/c1-16-14-21(29-19-6-2-17(15-27)3-7-19)30-22(28-16)31-10-12-32(13-11-31)35(33,34)20-8-4-18(5-9-20)23(24,25)26/h2-9,14H,10-13H2,1H3,(H,28,29,30). The Labute approximate surface area is 200 Å². The summed E-state index contributed by atoms with van der Waals surface area (Å²) in [5, 5.41) is 12.1. The number of rotatable bonds is 5. The number of nitrogens with zero attached hydrogens (tertiary/aromatic N) is 5. The van der Waals surface area contributed by atoms with Crippen molar-refractivity contribution < 1.29 is 21.6 Å². The number of nitrogens with one attached hydrogen (secondary N) is 1. The van der Waals surface area contributed by atoms with Crippen molar-refractivity contribution in [3.63, 3.8) is 0 Å². The summed E-state index contributed by atoms with van der Waals surface area (Å²) in [5.74, 6) is 0.990. The van der Waals surface area contributed by atoms with Crippen LogP contribution in [0.5, 0.6) is 0 Å². The van der Waals surface area contributed by atoms with Gasteiger partial charge < -0.3 is 10.2 Å². The maximum absolute atomic E-state index is 12.9. The highest BCUT2D eigenvalue weighted by Crippen LogP contribution is 2.30. The Morgan fingerprint density at radius 3 is 2.17 bits per heavy atom. The quantitative estimate of drug-likeness (QED) is 0.564. The first-order valence-corrected chi connectivity index (χ1v) is 12.1. The van der Waals surface area contributed by atoms with E-state index in [-0.39, 0.29) is 18.0 Å². The third kappa shape index (κ3) is 5.52. The molecule has 4 rings (SSSR count). The number of hydrogen-bond donors (Lipinski definition) is 1. The summed E-state index contributed by atoms with van der Waals surface area (Å²) < 4.78 is 65.4. The number of alkyl halides is 3. The van der Waals surface area contributed by atoms with Gasteiger partial charge in [-0.15, -0.1) is 0 Å². The van der Waals surface area contributed by atoms with Gasteiger partial charge in [-0.2, -0.15) is 27.7 Å². The van der Waals surface area contributed by atoms with Gasteiger partial charge in [0.1, 0.15) is 5.82 Å². The minimum absolute atomic E-state index is 0.138. The fourth-order valence-electron chi connectivity index (χ4n) is 3.63. The normalized spacial score (nSPS) is 15.0. The highest BCUT2D eigenvalue weighted by atomic mass is 32.2. The number of aryl methyl sites for hydroxylation is 1. The van der Waals surface area contributed by atoms with E-state index in [1.807, 2.05) is 11.8 Å². The van der Waals surface area contributed by atoms with Crippen molar-refractivity contribution in [3.05, 3.63) is 71.4 Å². The van der Waals surface area contributed by atoms with Crippen LogP contribution in [0.25, 0.3) is 0 Å². The smallest absolute Gasteiger partial charge is 0.340 e. The molecule has 1 aliphatic rings. The summed E-state index contributed by atoms with van der Waals surface area (Å²) in [7, 11) is -3.93. The van der Waals surface area contributed by atoms with Gasteiger partial charge in [-0.3, -0.25) is 0 Å². The van der Waals surface area contributed by atoms with Crippen molar-refractivity contribution in [2.24, 2.45) is 0 Å². The Kier molecular flexibility index (Phi) is 6.64. The average Bonchev–Trinajstić information content (AvgIpc) is 2.84. The Balaban J connectivity index is 1.44. The van der Waals surface area contributed by atoms with Crippen molar-refractivity contribution in [1.82, 2.24) is 14.3 Å². The molecule has 182 valence electrons. The van der Waals surface area contributed by atoms with Gasteiger partial charge in [0.2, 0.25) is 16.0 Å². The largest absolute Gasteiger partial charge is 0.416 e. The first kappa shape index (κ1) is 24.4. The number of hydrogen-bond acceptors (Lipinski definition) is 7. The summed E-state index contributed by atoms with van der Waals surface area (Å²) >= 11 is 0. The van der Waals surface area contributed by atoms with Gasteiger partial charge in [-0.25, -0.2) is 13.4 Å². The molecule has 0 aliphatic carbocycles. The van der Waals surface area contributed by atoms with Crippen LogP contribution in [-0.2, 0) is 16.2 Å². The van der Waals surface area contributed by atoms with Gasteiger partial charge >= 0.3 is 6.18 Å². The van der Waals surface area contributed by atoms with Crippen LogP contribution >= 0.6 is 0 Å². The number of nitriles is 1. The molecule has 2 heterocycles. The zero-order chi connectivity index (χ0) is 25.2. The molecule has 0 atom stereocenters. The van der Waals surface area contributed by atoms with Gasteiger partial charge in [0.05, 0.1) is 22.1 Å². The third-order valence-corrected chi connectivity index (χ3v) is 7.38. The van der Waals surface area contributed by atoms with Gasteiger partial charge in [-0.05, 0) is 55.5 Å². The molecular formula is C23H21F3N6O2S. The molecule has 0 spiro atoms. The first-order valence-electron chi connectivity index (χ1n) is 10.6. The van der Waals surface area contributed by atoms with E-state index in [0.717, 1.165) is 30.0 Å². The van der Waals surface area contributed by atoms with E-state index >= 15 is 0 Å². The molecule has 8 nitrogen and oxygen atoms in total. The number of piperazine rings is 1. The second kappa shape index (κ2) is 9.52. The molecule has 1 aromatic heterocycles.